The van der Waals surface area contributed by atoms with Crippen molar-refractivity contribution >= 4 is 5.57 Å². The Morgan fingerprint density at radius 3 is 2.33 bits per heavy atom. The van der Waals surface area contributed by atoms with Crippen LogP contribution < -0.4 is 0 Å². The van der Waals surface area contributed by atoms with Gasteiger partial charge in [0.2, 0.25) is 0 Å². The highest BCUT2D eigenvalue weighted by Gasteiger charge is 2.09. The number of furan rings is 1. The van der Waals surface area contributed by atoms with Gasteiger partial charge in [-0.2, -0.15) is 0 Å². The molecule has 1 aromatic heterocycles. The summed E-state index contributed by atoms with van der Waals surface area (Å²) in [6.07, 6.45) is 0. The van der Waals surface area contributed by atoms with Crippen LogP contribution in [-0.4, -0.2) is 0 Å². The topological polar surface area (TPSA) is 13.1 Å². The van der Waals surface area contributed by atoms with Crippen LogP contribution in [0.2, 0.25) is 0 Å². The zero-order valence-electron chi connectivity index (χ0n) is 9.08. The second-order valence-corrected chi connectivity index (χ2v) is 3.67. The third kappa shape index (κ3) is 1.86. The molecule has 0 saturated heterocycles. The minimum Gasteiger partial charge on any atom is -0.466 e. The first kappa shape index (κ1) is 9.78. The Balaban J connectivity index is 2.41. The number of benzene rings is 1. The Kier molecular flexibility index (Phi) is 2.46. The molecular weight excluding hydrogens is 184 g/mol. The van der Waals surface area contributed by atoms with Gasteiger partial charge in [0, 0.05) is 5.56 Å². The van der Waals surface area contributed by atoms with E-state index in [0.717, 1.165) is 28.2 Å². The van der Waals surface area contributed by atoms with Crippen molar-refractivity contribution in [2.75, 3.05) is 0 Å². The maximum absolute atomic E-state index is 5.50. The molecule has 2 aromatic rings. The molecule has 2 rings (SSSR count). The average molecular weight is 198 g/mol. The molecule has 15 heavy (non-hydrogen) atoms. The highest BCUT2D eigenvalue weighted by molar-refractivity contribution is 5.79. The van der Waals surface area contributed by atoms with Crippen LogP contribution in [-0.2, 0) is 0 Å². The van der Waals surface area contributed by atoms with Crippen molar-refractivity contribution in [2.24, 2.45) is 0 Å². The van der Waals surface area contributed by atoms with E-state index in [1.807, 2.05) is 38.1 Å². The lowest BCUT2D eigenvalue weighted by Crippen LogP contribution is -1.85. The fraction of sp³-hybridized carbons (Fsp3) is 0.143. The molecular formula is C14H14O. The maximum atomic E-state index is 5.50. The summed E-state index contributed by atoms with van der Waals surface area (Å²) < 4.78 is 5.50. The van der Waals surface area contributed by atoms with Crippen LogP contribution >= 0.6 is 0 Å². The first-order valence-electron chi connectivity index (χ1n) is 5.00. The van der Waals surface area contributed by atoms with Gasteiger partial charge in [-0.05, 0) is 31.1 Å². The van der Waals surface area contributed by atoms with Crippen molar-refractivity contribution in [2.45, 2.75) is 13.8 Å². The molecule has 0 aliphatic rings. The van der Waals surface area contributed by atoms with Gasteiger partial charge < -0.3 is 4.42 Å². The molecule has 1 aromatic carbocycles. The lowest BCUT2D eigenvalue weighted by atomic mass is 10.0. The van der Waals surface area contributed by atoms with Gasteiger partial charge in [0.1, 0.15) is 11.5 Å². The first-order chi connectivity index (χ1) is 7.18. The van der Waals surface area contributed by atoms with E-state index in [4.69, 9.17) is 4.42 Å². The monoisotopic (exact) mass is 198 g/mol. The van der Waals surface area contributed by atoms with E-state index in [2.05, 4.69) is 18.7 Å². The molecule has 0 aliphatic carbocycles. The molecule has 1 heterocycles. The van der Waals surface area contributed by atoms with Crippen LogP contribution in [0, 0.1) is 13.8 Å². The van der Waals surface area contributed by atoms with Crippen LogP contribution in [0.4, 0.5) is 0 Å². The highest BCUT2D eigenvalue weighted by Crippen LogP contribution is 2.26. The number of rotatable bonds is 2. The Morgan fingerprint density at radius 1 is 1.13 bits per heavy atom. The smallest absolute Gasteiger partial charge is 0.108 e. The fourth-order valence-corrected chi connectivity index (χ4v) is 1.73. The summed E-state index contributed by atoms with van der Waals surface area (Å²) in [5.41, 5.74) is 3.25. The van der Waals surface area contributed by atoms with Crippen LogP contribution in [0.5, 0.6) is 0 Å². The van der Waals surface area contributed by atoms with Gasteiger partial charge in [0.25, 0.3) is 0 Å². The molecule has 76 valence electrons. The van der Waals surface area contributed by atoms with E-state index in [-0.39, 0.29) is 0 Å². The third-order valence-electron chi connectivity index (χ3n) is 2.49. The van der Waals surface area contributed by atoms with Gasteiger partial charge in [-0.1, -0.05) is 36.9 Å². The van der Waals surface area contributed by atoms with Crippen LogP contribution in [0.1, 0.15) is 22.6 Å². The molecule has 1 nitrogen and oxygen atoms in total. The lowest BCUT2D eigenvalue weighted by molar-refractivity contribution is 0.504. The second-order valence-electron chi connectivity index (χ2n) is 3.67. The molecule has 0 aliphatic heterocycles. The minimum atomic E-state index is 0.930. The molecule has 0 spiro atoms. The Morgan fingerprint density at radius 2 is 1.80 bits per heavy atom. The van der Waals surface area contributed by atoms with E-state index in [9.17, 15) is 0 Å². The number of hydrogen-bond donors (Lipinski definition) is 0. The van der Waals surface area contributed by atoms with Gasteiger partial charge in [-0.3, -0.25) is 0 Å². The van der Waals surface area contributed by atoms with Crippen molar-refractivity contribution in [3.8, 4) is 0 Å². The van der Waals surface area contributed by atoms with E-state index >= 15 is 0 Å². The zero-order valence-corrected chi connectivity index (χ0v) is 9.08. The van der Waals surface area contributed by atoms with Crippen molar-refractivity contribution in [3.63, 3.8) is 0 Å². The van der Waals surface area contributed by atoms with Crippen LogP contribution in [0.25, 0.3) is 5.57 Å². The third-order valence-corrected chi connectivity index (χ3v) is 2.49. The van der Waals surface area contributed by atoms with E-state index in [1.54, 1.807) is 0 Å². The van der Waals surface area contributed by atoms with Crippen molar-refractivity contribution < 1.29 is 4.42 Å². The molecule has 0 saturated carbocycles. The van der Waals surface area contributed by atoms with Gasteiger partial charge in [0.15, 0.2) is 0 Å². The molecule has 0 amide bonds. The zero-order chi connectivity index (χ0) is 10.8. The quantitative estimate of drug-likeness (QED) is 0.712. The standard InChI is InChI=1S/C14H14O/c1-10-9-14(12(3)15-10)11(2)13-7-5-4-6-8-13/h4-9H,2H2,1,3H3. The highest BCUT2D eigenvalue weighted by atomic mass is 16.3. The van der Waals surface area contributed by atoms with E-state index in [1.165, 1.54) is 0 Å². The molecule has 0 N–H and O–H groups in total. The van der Waals surface area contributed by atoms with Crippen molar-refractivity contribution in [1.29, 1.82) is 0 Å². The number of hydrogen-bond acceptors (Lipinski definition) is 1. The Bertz CT molecular complexity index is 477. The molecule has 0 unspecified atom stereocenters. The van der Waals surface area contributed by atoms with Crippen LogP contribution in [0.3, 0.4) is 0 Å². The fourth-order valence-electron chi connectivity index (χ4n) is 1.73. The molecule has 0 radical (unpaired) electrons. The lowest BCUT2D eigenvalue weighted by Gasteiger charge is -2.03. The summed E-state index contributed by atoms with van der Waals surface area (Å²) >= 11 is 0. The number of aryl methyl sites for hydroxylation is 2. The maximum Gasteiger partial charge on any atom is 0.108 e. The summed E-state index contributed by atoms with van der Waals surface area (Å²) in [6.45, 7) is 8.03. The molecule has 0 bridgehead atoms. The van der Waals surface area contributed by atoms with Crippen molar-refractivity contribution in [1.82, 2.24) is 0 Å². The largest absolute Gasteiger partial charge is 0.466 e. The predicted molar refractivity (Wildman–Crippen MR) is 62.8 cm³/mol. The SMILES string of the molecule is C=C(c1ccccc1)c1cc(C)oc1C. The minimum absolute atomic E-state index is 0.930. The Hall–Kier alpha value is -1.76. The molecule has 0 fully saturated rings. The summed E-state index contributed by atoms with van der Waals surface area (Å²) in [5, 5.41) is 0. The van der Waals surface area contributed by atoms with E-state index < -0.39 is 0 Å². The summed E-state index contributed by atoms with van der Waals surface area (Å²) in [5.74, 6) is 1.86. The van der Waals surface area contributed by atoms with Crippen molar-refractivity contribution in [3.05, 3.63) is 65.6 Å². The van der Waals surface area contributed by atoms with E-state index in [0.29, 0.717) is 0 Å². The van der Waals surface area contributed by atoms with Crippen LogP contribution in [0.15, 0.2) is 47.4 Å². The molecule has 1 heteroatoms. The predicted octanol–water partition coefficient (Wildman–Crippen LogP) is 3.96. The van der Waals surface area contributed by atoms with Gasteiger partial charge in [-0.25, -0.2) is 0 Å². The summed E-state index contributed by atoms with van der Waals surface area (Å²) in [6, 6.07) is 12.2. The average Bonchev–Trinajstić information content (AvgIpc) is 2.58. The van der Waals surface area contributed by atoms with Gasteiger partial charge in [0.05, 0.1) is 0 Å². The second kappa shape index (κ2) is 3.77. The summed E-state index contributed by atoms with van der Waals surface area (Å²) in [4.78, 5) is 0. The van der Waals surface area contributed by atoms with Gasteiger partial charge >= 0.3 is 0 Å². The van der Waals surface area contributed by atoms with Gasteiger partial charge in [-0.15, -0.1) is 0 Å². The molecule has 0 atom stereocenters. The normalized spacial score (nSPS) is 10.3. The first-order valence-corrected chi connectivity index (χ1v) is 5.00. The Labute approximate surface area is 90.1 Å². The summed E-state index contributed by atoms with van der Waals surface area (Å²) in [7, 11) is 0.